The lowest BCUT2D eigenvalue weighted by Crippen LogP contribution is -2.49. The maximum Gasteiger partial charge on any atom is 0.242 e. The van der Waals surface area contributed by atoms with E-state index in [1.807, 2.05) is 57.2 Å². The molecule has 2 amide bonds. The summed E-state index contributed by atoms with van der Waals surface area (Å²) in [5, 5.41) is 3.12. The molecule has 1 aliphatic rings. The van der Waals surface area contributed by atoms with Crippen molar-refractivity contribution in [3.05, 3.63) is 64.7 Å². The van der Waals surface area contributed by atoms with Crippen molar-refractivity contribution in [3.8, 4) is 0 Å². The van der Waals surface area contributed by atoms with Gasteiger partial charge in [-0.1, -0.05) is 49.2 Å². The number of sulfonamides is 1. The first-order valence-corrected chi connectivity index (χ1v) is 15.0. The molecule has 0 radical (unpaired) electrons. The van der Waals surface area contributed by atoms with Crippen LogP contribution in [0.1, 0.15) is 67.7 Å². The Labute approximate surface area is 222 Å². The molecule has 37 heavy (non-hydrogen) atoms. The second-order valence-corrected chi connectivity index (χ2v) is 12.2. The van der Waals surface area contributed by atoms with Crippen molar-refractivity contribution in [2.75, 3.05) is 17.1 Å². The molecular weight excluding hydrogens is 486 g/mol. The first-order chi connectivity index (χ1) is 17.5. The highest BCUT2D eigenvalue weighted by Gasteiger charge is 2.29. The van der Waals surface area contributed by atoms with Crippen LogP contribution < -0.4 is 9.62 Å². The van der Waals surface area contributed by atoms with E-state index in [9.17, 15) is 18.0 Å². The first-order valence-electron chi connectivity index (χ1n) is 13.2. The lowest BCUT2D eigenvalue weighted by atomic mass is 10.1. The van der Waals surface area contributed by atoms with E-state index in [1.165, 1.54) is 10.6 Å². The number of carbonyl (C=O) groups is 2. The zero-order valence-corrected chi connectivity index (χ0v) is 23.6. The van der Waals surface area contributed by atoms with Gasteiger partial charge in [0.2, 0.25) is 21.8 Å². The van der Waals surface area contributed by atoms with E-state index < -0.39 is 16.1 Å². The van der Waals surface area contributed by atoms with Crippen LogP contribution in [0.15, 0.2) is 42.5 Å². The van der Waals surface area contributed by atoms with Crippen LogP contribution in [0.25, 0.3) is 0 Å². The summed E-state index contributed by atoms with van der Waals surface area (Å²) >= 11 is 0. The molecule has 0 spiro atoms. The lowest BCUT2D eigenvalue weighted by molar-refractivity contribution is -0.141. The number of rotatable bonds is 11. The molecule has 7 nitrogen and oxygen atoms in total. The van der Waals surface area contributed by atoms with Gasteiger partial charge in [-0.25, -0.2) is 8.42 Å². The number of carbonyl (C=O) groups excluding carboxylic acids is 2. The van der Waals surface area contributed by atoms with Gasteiger partial charge in [-0.2, -0.15) is 0 Å². The van der Waals surface area contributed by atoms with Gasteiger partial charge in [0.15, 0.2) is 0 Å². The molecule has 0 heterocycles. The summed E-state index contributed by atoms with van der Waals surface area (Å²) in [6.07, 6.45) is 5.86. The molecular formula is C29H41N3O4S. The molecule has 1 saturated carbocycles. The first kappa shape index (κ1) is 28.7. The summed E-state index contributed by atoms with van der Waals surface area (Å²) in [5.41, 5.74) is 4.59. The SMILES string of the molecule is Cc1ccccc1CN(C(=O)CCCN(c1cccc(C)c1C)S(C)(=O)=O)[C@@H](C)C(=O)NC1CCCC1. The second kappa shape index (κ2) is 12.6. The minimum absolute atomic E-state index is 0.137. The summed E-state index contributed by atoms with van der Waals surface area (Å²) in [6.45, 7) is 8.15. The van der Waals surface area contributed by atoms with E-state index in [2.05, 4.69) is 5.32 Å². The summed E-state index contributed by atoms with van der Waals surface area (Å²) in [5.74, 6) is -0.297. The largest absolute Gasteiger partial charge is 0.352 e. The lowest BCUT2D eigenvalue weighted by Gasteiger charge is -2.31. The number of hydrogen-bond acceptors (Lipinski definition) is 4. The van der Waals surface area contributed by atoms with Crippen molar-refractivity contribution >= 4 is 27.5 Å². The van der Waals surface area contributed by atoms with Crippen LogP contribution in [0.3, 0.4) is 0 Å². The van der Waals surface area contributed by atoms with Crippen molar-refractivity contribution in [2.45, 2.75) is 84.8 Å². The molecule has 8 heteroatoms. The fourth-order valence-electron chi connectivity index (χ4n) is 4.93. The van der Waals surface area contributed by atoms with Crippen LogP contribution in [0.4, 0.5) is 5.69 Å². The second-order valence-electron chi connectivity index (χ2n) is 10.3. The molecule has 2 aromatic carbocycles. The number of anilines is 1. The highest BCUT2D eigenvalue weighted by atomic mass is 32.2. The van der Waals surface area contributed by atoms with Crippen LogP contribution in [0.2, 0.25) is 0 Å². The Morgan fingerprint density at radius 3 is 2.30 bits per heavy atom. The number of amides is 2. The van der Waals surface area contributed by atoms with E-state index in [0.29, 0.717) is 18.7 Å². The van der Waals surface area contributed by atoms with Gasteiger partial charge in [-0.3, -0.25) is 13.9 Å². The van der Waals surface area contributed by atoms with Crippen molar-refractivity contribution < 1.29 is 18.0 Å². The zero-order chi connectivity index (χ0) is 27.2. The number of aryl methyl sites for hydroxylation is 2. The van der Waals surface area contributed by atoms with E-state index in [0.717, 1.165) is 47.9 Å². The van der Waals surface area contributed by atoms with Gasteiger partial charge in [0, 0.05) is 25.6 Å². The number of hydrogen-bond donors (Lipinski definition) is 1. The Hall–Kier alpha value is -2.87. The van der Waals surface area contributed by atoms with Gasteiger partial charge in [0.25, 0.3) is 0 Å². The van der Waals surface area contributed by atoms with E-state index in [4.69, 9.17) is 0 Å². The third kappa shape index (κ3) is 7.57. The molecule has 0 aromatic heterocycles. The number of benzene rings is 2. The highest BCUT2D eigenvalue weighted by Crippen LogP contribution is 2.26. The van der Waals surface area contributed by atoms with Crippen molar-refractivity contribution in [1.29, 1.82) is 0 Å². The Bertz CT molecular complexity index is 1210. The summed E-state index contributed by atoms with van der Waals surface area (Å²) in [7, 11) is -3.53. The van der Waals surface area contributed by atoms with E-state index >= 15 is 0 Å². The van der Waals surface area contributed by atoms with Crippen LogP contribution in [0.5, 0.6) is 0 Å². The Morgan fingerprint density at radius 1 is 1.00 bits per heavy atom. The average molecular weight is 528 g/mol. The minimum Gasteiger partial charge on any atom is -0.352 e. The molecule has 1 aliphatic carbocycles. The average Bonchev–Trinajstić information content (AvgIpc) is 3.35. The summed E-state index contributed by atoms with van der Waals surface area (Å²) in [4.78, 5) is 28.2. The molecule has 0 bridgehead atoms. The smallest absolute Gasteiger partial charge is 0.242 e. The topological polar surface area (TPSA) is 86.8 Å². The normalized spacial score (nSPS) is 14.8. The molecule has 202 valence electrons. The third-order valence-electron chi connectivity index (χ3n) is 7.47. The fourth-order valence-corrected chi connectivity index (χ4v) is 5.95. The number of nitrogens with one attached hydrogen (secondary N) is 1. The van der Waals surface area contributed by atoms with Gasteiger partial charge in [0.1, 0.15) is 6.04 Å². The van der Waals surface area contributed by atoms with Gasteiger partial charge in [-0.15, -0.1) is 0 Å². The maximum atomic E-state index is 13.5. The fraction of sp³-hybridized carbons (Fsp3) is 0.517. The Balaban J connectivity index is 1.75. The van der Waals surface area contributed by atoms with Crippen molar-refractivity contribution in [3.63, 3.8) is 0 Å². The molecule has 2 aromatic rings. The zero-order valence-electron chi connectivity index (χ0n) is 22.8. The van der Waals surface area contributed by atoms with Crippen LogP contribution >= 0.6 is 0 Å². The quantitative estimate of drug-likeness (QED) is 0.461. The van der Waals surface area contributed by atoms with Gasteiger partial charge in [-0.05, 0) is 75.3 Å². The van der Waals surface area contributed by atoms with Gasteiger partial charge in [0.05, 0.1) is 11.9 Å². The molecule has 1 atom stereocenters. The molecule has 1 N–H and O–H groups in total. The van der Waals surface area contributed by atoms with Crippen molar-refractivity contribution in [2.24, 2.45) is 0 Å². The Morgan fingerprint density at radius 2 is 1.65 bits per heavy atom. The van der Waals surface area contributed by atoms with E-state index in [1.54, 1.807) is 17.9 Å². The summed E-state index contributed by atoms with van der Waals surface area (Å²) < 4.78 is 26.6. The summed E-state index contributed by atoms with van der Waals surface area (Å²) in [6, 6.07) is 13.0. The van der Waals surface area contributed by atoms with E-state index in [-0.39, 0.29) is 30.8 Å². The van der Waals surface area contributed by atoms with Crippen LogP contribution in [-0.2, 0) is 26.2 Å². The van der Waals surface area contributed by atoms with Gasteiger partial charge >= 0.3 is 0 Å². The molecule has 0 saturated heterocycles. The maximum absolute atomic E-state index is 13.5. The minimum atomic E-state index is -3.53. The predicted octanol–water partition coefficient (Wildman–Crippen LogP) is 4.63. The van der Waals surface area contributed by atoms with Crippen LogP contribution in [-0.4, -0.2) is 50.0 Å². The highest BCUT2D eigenvalue weighted by molar-refractivity contribution is 7.92. The molecule has 3 rings (SSSR count). The standard InChI is InChI=1S/C29H41N3O4S/c1-21-13-10-17-27(23(21)3)32(37(5,35)36)19-11-18-28(33)31(20-25-14-7-6-12-22(25)2)24(4)29(34)30-26-15-8-9-16-26/h6-7,10,12-14,17,24,26H,8-9,11,15-16,18-20H2,1-5H3,(H,30,34)/t24-/m0/s1. The van der Waals surface area contributed by atoms with Crippen LogP contribution in [0, 0.1) is 20.8 Å². The Kier molecular flexibility index (Phi) is 9.76. The molecule has 1 fully saturated rings. The van der Waals surface area contributed by atoms with Crippen molar-refractivity contribution in [1.82, 2.24) is 10.2 Å². The third-order valence-corrected chi connectivity index (χ3v) is 8.65. The van der Waals surface area contributed by atoms with Gasteiger partial charge < -0.3 is 10.2 Å². The number of nitrogens with zero attached hydrogens (tertiary/aromatic N) is 2. The molecule has 0 unspecified atom stereocenters. The monoisotopic (exact) mass is 527 g/mol. The predicted molar refractivity (Wildman–Crippen MR) is 149 cm³/mol. The molecule has 0 aliphatic heterocycles.